The molecule has 1 heterocycles. The number of carboxylic acids is 1. The third-order valence-corrected chi connectivity index (χ3v) is 4.35. The number of hydrogen-bond donors (Lipinski definition) is 2. The molecule has 0 bridgehead atoms. The summed E-state index contributed by atoms with van der Waals surface area (Å²) in [4.78, 5) is 27.2. The summed E-state index contributed by atoms with van der Waals surface area (Å²) in [5.41, 5.74) is 0.344. The van der Waals surface area contributed by atoms with Gasteiger partial charge in [-0.15, -0.1) is 0 Å². The van der Waals surface area contributed by atoms with E-state index in [9.17, 15) is 19.1 Å². The third-order valence-electron chi connectivity index (χ3n) is 4.35. The first-order chi connectivity index (χ1) is 11.2. The smallest absolute Gasteiger partial charge is 0.304 e. The third kappa shape index (κ3) is 4.03. The van der Waals surface area contributed by atoms with E-state index in [0.29, 0.717) is 19.6 Å². The van der Waals surface area contributed by atoms with E-state index in [-0.39, 0.29) is 18.1 Å². The topological polar surface area (TPSA) is 81.1 Å². The Balaban J connectivity index is 2.11. The van der Waals surface area contributed by atoms with E-state index in [4.69, 9.17) is 5.11 Å². The Morgan fingerprint density at radius 3 is 2.38 bits per heavy atom. The predicted octanol–water partition coefficient (Wildman–Crippen LogP) is 1.34. The molecule has 0 saturated carbocycles. The maximum Gasteiger partial charge on any atom is 0.304 e. The van der Waals surface area contributed by atoms with Crippen LogP contribution >= 0.6 is 0 Å². The summed E-state index contributed by atoms with van der Waals surface area (Å²) in [7, 11) is 0. The zero-order chi connectivity index (χ0) is 17.9. The molecule has 2 rings (SSSR count). The first-order valence-corrected chi connectivity index (χ1v) is 7.89. The van der Waals surface area contributed by atoms with E-state index in [1.165, 1.54) is 12.1 Å². The lowest BCUT2D eigenvalue weighted by Gasteiger charge is -2.48. The van der Waals surface area contributed by atoms with Crippen molar-refractivity contribution in [1.82, 2.24) is 4.90 Å². The lowest BCUT2D eigenvalue weighted by molar-refractivity contribution is -0.149. The molecule has 1 aromatic carbocycles. The summed E-state index contributed by atoms with van der Waals surface area (Å²) < 4.78 is 13.1. The molecule has 1 fully saturated rings. The van der Waals surface area contributed by atoms with Gasteiger partial charge in [0.1, 0.15) is 5.82 Å². The van der Waals surface area contributed by atoms with Gasteiger partial charge in [-0.05, 0) is 38.1 Å². The van der Waals surface area contributed by atoms with Gasteiger partial charge < -0.3 is 20.0 Å². The van der Waals surface area contributed by atoms with E-state index < -0.39 is 24.0 Å². The summed E-state index contributed by atoms with van der Waals surface area (Å²) in [6.45, 7) is 4.83. The Kier molecular flexibility index (Phi) is 5.43. The van der Waals surface area contributed by atoms with Gasteiger partial charge in [-0.1, -0.05) is 0 Å². The summed E-state index contributed by atoms with van der Waals surface area (Å²) in [5.74, 6) is -2.68. The van der Waals surface area contributed by atoms with Gasteiger partial charge in [-0.25, -0.2) is 4.39 Å². The zero-order valence-electron chi connectivity index (χ0n) is 13.9. The monoisotopic (exact) mass is 338 g/mol. The number of aliphatic carboxylic acids is 1. The average molecular weight is 338 g/mol. The van der Waals surface area contributed by atoms with Gasteiger partial charge >= 0.3 is 5.97 Å². The highest BCUT2D eigenvalue weighted by Crippen LogP contribution is 2.27. The maximum atomic E-state index is 13.1. The number of halogens is 1. The molecule has 0 spiro atoms. The van der Waals surface area contributed by atoms with E-state index >= 15 is 0 Å². The van der Waals surface area contributed by atoms with Crippen LogP contribution in [0.1, 0.15) is 20.3 Å². The largest absolute Gasteiger partial charge is 0.481 e. The number of aliphatic hydroxyl groups is 1. The van der Waals surface area contributed by atoms with E-state index in [1.807, 2.05) is 13.8 Å². The number of anilines is 1. The molecule has 1 unspecified atom stereocenters. The number of benzene rings is 1. The second-order valence-corrected chi connectivity index (χ2v) is 6.68. The summed E-state index contributed by atoms with van der Waals surface area (Å²) in [5, 5.41) is 18.2. The van der Waals surface area contributed by atoms with Crippen LogP contribution in [0.2, 0.25) is 0 Å². The Hall–Kier alpha value is -2.15. The highest BCUT2D eigenvalue weighted by Gasteiger charge is 2.39. The van der Waals surface area contributed by atoms with Gasteiger partial charge in [0, 0.05) is 25.3 Å². The molecule has 0 aromatic heterocycles. The SMILES string of the molecule is CC1(C)CN(c2ccc(F)cc2)CCN1C(=O)C(CO)CC(=O)O. The zero-order valence-corrected chi connectivity index (χ0v) is 13.9. The Bertz CT molecular complexity index is 603. The summed E-state index contributed by atoms with van der Waals surface area (Å²) >= 11 is 0. The molecule has 1 aromatic rings. The molecule has 1 aliphatic rings. The van der Waals surface area contributed by atoms with Gasteiger partial charge in [0.25, 0.3) is 0 Å². The van der Waals surface area contributed by atoms with Crippen LogP contribution in [0.25, 0.3) is 0 Å². The predicted molar refractivity (Wildman–Crippen MR) is 87.2 cm³/mol. The minimum Gasteiger partial charge on any atom is -0.481 e. The average Bonchev–Trinajstić information content (AvgIpc) is 2.51. The fourth-order valence-corrected chi connectivity index (χ4v) is 3.10. The number of piperazine rings is 1. The van der Waals surface area contributed by atoms with Crippen LogP contribution in [-0.2, 0) is 9.59 Å². The van der Waals surface area contributed by atoms with Gasteiger partial charge in [0.15, 0.2) is 0 Å². The second kappa shape index (κ2) is 7.17. The number of carbonyl (C=O) groups is 2. The van der Waals surface area contributed by atoms with Crippen molar-refractivity contribution in [3.63, 3.8) is 0 Å². The van der Waals surface area contributed by atoms with Gasteiger partial charge in [0.2, 0.25) is 5.91 Å². The first-order valence-electron chi connectivity index (χ1n) is 7.89. The Morgan fingerprint density at radius 1 is 1.25 bits per heavy atom. The maximum absolute atomic E-state index is 13.1. The van der Waals surface area contributed by atoms with E-state index in [0.717, 1.165) is 5.69 Å². The summed E-state index contributed by atoms with van der Waals surface area (Å²) in [6.07, 6.45) is -0.385. The van der Waals surface area contributed by atoms with Crippen molar-refractivity contribution in [2.45, 2.75) is 25.8 Å². The lowest BCUT2D eigenvalue weighted by atomic mass is 9.94. The number of nitrogens with zero attached hydrogens (tertiary/aromatic N) is 2. The minimum atomic E-state index is -1.11. The fraction of sp³-hybridized carbons (Fsp3) is 0.529. The molecular weight excluding hydrogens is 315 g/mol. The van der Waals surface area contributed by atoms with Crippen molar-refractivity contribution in [3.05, 3.63) is 30.1 Å². The van der Waals surface area contributed by atoms with Crippen molar-refractivity contribution in [2.75, 3.05) is 31.1 Å². The molecule has 1 aliphatic heterocycles. The van der Waals surface area contributed by atoms with Crippen LogP contribution in [0, 0.1) is 11.7 Å². The summed E-state index contributed by atoms with van der Waals surface area (Å²) in [6, 6.07) is 6.19. The standard InChI is InChI=1S/C17H23FN2O4/c1-17(2)11-19(14-5-3-13(18)4-6-14)7-8-20(17)16(24)12(10-21)9-15(22)23/h3-6,12,21H,7-11H2,1-2H3,(H,22,23). The Labute approximate surface area is 140 Å². The van der Waals surface area contributed by atoms with Crippen LogP contribution in [0.4, 0.5) is 10.1 Å². The van der Waals surface area contributed by atoms with Crippen molar-refractivity contribution in [1.29, 1.82) is 0 Å². The van der Waals surface area contributed by atoms with Crippen molar-refractivity contribution >= 4 is 17.6 Å². The molecule has 0 radical (unpaired) electrons. The van der Waals surface area contributed by atoms with Crippen LogP contribution in [0.3, 0.4) is 0 Å². The Morgan fingerprint density at radius 2 is 1.88 bits per heavy atom. The van der Waals surface area contributed by atoms with Crippen LogP contribution in [0.5, 0.6) is 0 Å². The molecule has 0 aliphatic carbocycles. The molecule has 24 heavy (non-hydrogen) atoms. The van der Waals surface area contributed by atoms with E-state index in [1.54, 1.807) is 17.0 Å². The number of aliphatic hydroxyl groups excluding tert-OH is 1. The molecule has 6 nitrogen and oxygen atoms in total. The number of carboxylic acid groups (broad SMARTS) is 1. The highest BCUT2D eigenvalue weighted by atomic mass is 19.1. The van der Waals surface area contributed by atoms with Crippen LogP contribution in [-0.4, -0.2) is 58.8 Å². The van der Waals surface area contributed by atoms with Crippen LogP contribution < -0.4 is 4.90 Å². The molecule has 2 N–H and O–H groups in total. The van der Waals surface area contributed by atoms with Crippen molar-refractivity contribution in [2.24, 2.45) is 5.92 Å². The van der Waals surface area contributed by atoms with Gasteiger partial charge in [0.05, 0.1) is 24.5 Å². The molecule has 7 heteroatoms. The van der Waals surface area contributed by atoms with E-state index in [2.05, 4.69) is 4.90 Å². The quantitative estimate of drug-likeness (QED) is 0.847. The second-order valence-electron chi connectivity index (χ2n) is 6.68. The lowest BCUT2D eigenvalue weighted by Crippen LogP contribution is -2.62. The number of carbonyl (C=O) groups excluding carboxylic acids is 1. The van der Waals surface area contributed by atoms with Crippen molar-refractivity contribution < 1.29 is 24.2 Å². The normalized spacial score (nSPS) is 18.3. The van der Waals surface area contributed by atoms with Crippen LogP contribution in [0.15, 0.2) is 24.3 Å². The minimum absolute atomic E-state index is 0.300. The van der Waals surface area contributed by atoms with Gasteiger partial charge in [-0.2, -0.15) is 0 Å². The molecule has 132 valence electrons. The fourth-order valence-electron chi connectivity index (χ4n) is 3.10. The molecular formula is C17H23FN2O4. The highest BCUT2D eigenvalue weighted by molar-refractivity contribution is 5.84. The first kappa shape index (κ1) is 18.2. The number of rotatable bonds is 5. The van der Waals surface area contributed by atoms with Gasteiger partial charge in [-0.3, -0.25) is 9.59 Å². The van der Waals surface area contributed by atoms with Crippen molar-refractivity contribution in [3.8, 4) is 0 Å². The molecule has 1 amide bonds. The molecule has 1 saturated heterocycles. The number of hydrogen-bond acceptors (Lipinski definition) is 4. The number of amides is 1. The molecule has 1 atom stereocenters.